The van der Waals surface area contributed by atoms with Crippen molar-refractivity contribution in [2.24, 2.45) is 5.41 Å². The fourth-order valence-electron chi connectivity index (χ4n) is 1.50. The predicted octanol–water partition coefficient (Wildman–Crippen LogP) is 2.97. The summed E-state index contributed by atoms with van der Waals surface area (Å²) in [6.07, 6.45) is 0.955. The number of hydrogen-bond acceptors (Lipinski definition) is 3. The summed E-state index contributed by atoms with van der Waals surface area (Å²) >= 11 is 0. The molecule has 1 aromatic heterocycles. The van der Waals surface area contributed by atoms with Crippen LogP contribution in [0.15, 0.2) is 6.07 Å². The van der Waals surface area contributed by atoms with Gasteiger partial charge >= 0.3 is 0 Å². The van der Waals surface area contributed by atoms with Crippen molar-refractivity contribution in [3.05, 3.63) is 23.0 Å². The highest BCUT2D eigenvalue weighted by molar-refractivity contribution is 5.98. The van der Waals surface area contributed by atoms with Crippen molar-refractivity contribution in [2.75, 3.05) is 0 Å². The Labute approximate surface area is 109 Å². The van der Waals surface area contributed by atoms with Gasteiger partial charge in [-0.15, -0.1) is 0 Å². The monoisotopic (exact) mass is 244 g/mol. The van der Waals surface area contributed by atoms with Crippen molar-refractivity contribution in [3.8, 4) is 11.8 Å². The highest BCUT2D eigenvalue weighted by Gasteiger charge is 2.12. The van der Waals surface area contributed by atoms with Crippen molar-refractivity contribution < 1.29 is 4.79 Å². The van der Waals surface area contributed by atoms with Crippen LogP contribution in [0, 0.1) is 24.2 Å². The summed E-state index contributed by atoms with van der Waals surface area (Å²) in [5, 5.41) is 8.03. The molecule has 0 bridgehead atoms. The molecule has 3 nitrogen and oxygen atoms in total. The average molecular weight is 244 g/mol. The van der Waals surface area contributed by atoms with E-state index in [-0.39, 0.29) is 17.6 Å². The normalized spacial score (nSPS) is 10.7. The predicted molar refractivity (Wildman–Crippen MR) is 72.3 cm³/mol. The minimum atomic E-state index is -0.0692. The van der Waals surface area contributed by atoms with Crippen LogP contribution in [-0.2, 0) is 6.42 Å². The molecular formula is C15H20N2O. The van der Waals surface area contributed by atoms with E-state index in [2.05, 4.69) is 22.0 Å². The zero-order chi connectivity index (χ0) is 13.8. The number of ketones is 1. The molecule has 0 aliphatic heterocycles. The standard InChI is InChI=1S/C15H20N2O/c1-6-13-12(10-11(2)16-17-13)14(18)8-7-9-15(3,4)5/h10H,6,8H2,1-5H3. The molecule has 0 amide bonds. The van der Waals surface area contributed by atoms with Gasteiger partial charge in [-0.1, -0.05) is 18.8 Å². The van der Waals surface area contributed by atoms with Crippen LogP contribution in [0.4, 0.5) is 0 Å². The van der Waals surface area contributed by atoms with E-state index in [1.807, 2.05) is 34.6 Å². The van der Waals surface area contributed by atoms with E-state index >= 15 is 0 Å². The third-order valence-corrected chi connectivity index (χ3v) is 2.34. The van der Waals surface area contributed by atoms with Crippen LogP contribution in [-0.4, -0.2) is 16.0 Å². The number of rotatable bonds is 3. The Morgan fingerprint density at radius 3 is 2.56 bits per heavy atom. The van der Waals surface area contributed by atoms with Gasteiger partial charge in [0.05, 0.1) is 17.8 Å². The zero-order valence-electron chi connectivity index (χ0n) is 11.8. The SMILES string of the molecule is CCc1nnc(C)cc1C(=O)CC#CC(C)(C)C. The molecule has 0 unspecified atom stereocenters. The molecule has 0 aromatic carbocycles. The lowest BCUT2D eigenvalue weighted by molar-refractivity contribution is 0.0996. The number of nitrogens with zero attached hydrogens (tertiary/aromatic N) is 2. The number of carbonyl (C=O) groups excluding carboxylic acids is 1. The summed E-state index contributed by atoms with van der Waals surface area (Å²) in [6.45, 7) is 9.89. The topological polar surface area (TPSA) is 42.9 Å². The van der Waals surface area contributed by atoms with Gasteiger partial charge in [0.15, 0.2) is 5.78 Å². The lowest BCUT2D eigenvalue weighted by atomic mass is 9.97. The molecule has 0 spiro atoms. The summed E-state index contributed by atoms with van der Waals surface area (Å²) in [5.74, 6) is 6.04. The van der Waals surface area contributed by atoms with E-state index in [0.717, 1.165) is 11.4 Å². The molecule has 1 aromatic rings. The number of aromatic nitrogens is 2. The van der Waals surface area contributed by atoms with Gasteiger partial charge in [-0.05, 0) is 40.2 Å². The van der Waals surface area contributed by atoms with Crippen LogP contribution in [0.5, 0.6) is 0 Å². The molecule has 18 heavy (non-hydrogen) atoms. The molecular weight excluding hydrogens is 224 g/mol. The first-order valence-electron chi connectivity index (χ1n) is 6.20. The maximum atomic E-state index is 12.1. The fraction of sp³-hybridized carbons (Fsp3) is 0.533. The Morgan fingerprint density at radius 1 is 1.33 bits per heavy atom. The lowest BCUT2D eigenvalue weighted by Gasteiger charge is -2.07. The molecule has 96 valence electrons. The summed E-state index contributed by atoms with van der Waals surface area (Å²) in [7, 11) is 0. The van der Waals surface area contributed by atoms with E-state index in [9.17, 15) is 4.79 Å². The van der Waals surface area contributed by atoms with Crippen molar-refractivity contribution >= 4 is 5.78 Å². The van der Waals surface area contributed by atoms with Gasteiger partial charge < -0.3 is 0 Å². The van der Waals surface area contributed by atoms with Crippen molar-refractivity contribution in [1.29, 1.82) is 0 Å². The maximum absolute atomic E-state index is 12.1. The van der Waals surface area contributed by atoms with Crippen LogP contribution >= 0.6 is 0 Å². The highest BCUT2D eigenvalue weighted by atomic mass is 16.1. The van der Waals surface area contributed by atoms with Crippen LogP contribution in [0.3, 0.4) is 0 Å². The van der Waals surface area contributed by atoms with Crippen LogP contribution in [0.2, 0.25) is 0 Å². The Bertz CT molecular complexity index is 501. The second-order valence-electron chi connectivity index (χ2n) is 5.35. The Balaban J connectivity index is 2.90. The Morgan fingerprint density at radius 2 is 2.00 bits per heavy atom. The smallest absolute Gasteiger partial charge is 0.176 e. The minimum Gasteiger partial charge on any atom is -0.293 e. The van der Waals surface area contributed by atoms with Crippen LogP contribution < -0.4 is 0 Å². The van der Waals surface area contributed by atoms with Gasteiger partial charge in [-0.2, -0.15) is 10.2 Å². The number of Topliss-reactive ketones (excluding diaryl/α,β-unsaturated/α-hetero) is 1. The molecule has 1 heterocycles. The van der Waals surface area contributed by atoms with E-state index < -0.39 is 0 Å². The van der Waals surface area contributed by atoms with Gasteiger partial charge in [-0.3, -0.25) is 4.79 Å². The quantitative estimate of drug-likeness (QED) is 0.606. The molecule has 0 N–H and O–H groups in total. The highest BCUT2D eigenvalue weighted by Crippen LogP contribution is 2.12. The van der Waals surface area contributed by atoms with Crippen LogP contribution in [0.25, 0.3) is 0 Å². The summed E-state index contributed by atoms with van der Waals surface area (Å²) in [4.78, 5) is 12.1. The molecule has 0 atom stereocenters. The first kappa shape index (κ1) is 14.4. The van der Waals surface area contributed by atoms with Crippen molar-refractivity contribution in [2.45, 2.75) is 47.5 Å². The third kappa shape index (κ3) is 4.29. The van der Waals surface area contributed by atoms with E-state index in [0.29, 0.717) is 12.0 Å². The van der Waals surface area contributed by atoms with E-state index in [1.165, 1.54) is 0 Å². The molecule has 0 radical (unpaired) electrons. The average Bonchev–Trinajstić information content (AvgIpc) is 2.27. The number of carbonyl (C=O) groups is 1. The molecule has 0 fully saturated rings. The maximum Gasteiger partial charge on any atom is 0.176 e. The molecule has 0 saturated carbocycles. The summed E-state index contributed by atoms with van der Waals surface area (Å²) < 4.78 is 0. The van der Waals surface area contributed by atoms with E-state index in [4.69, 9.17) is 0 Å². The Hall–Kier alpha value is -1.69. The number of aryl methyl sites for hydroxylation is 2. The zero-order valence-corrected chi connectivity index (χ0v) is 11.8. The summed E-state index contributed by atoms with van der Waals surface area (Å²) in [5.41, 5.74) is 2.11. The van der Waals surface area contributed by atoms with Crippen LogP contribution in [0.1, 0.15) is 55.9 Å². The fourth-order valence-corrected chi connectivity index (χ4v) is 1.50. The van der Waals surface area contributed by atoms with Gasteiger partial charge in [0.2, 0.25) is 0 Å². The van der Waals surface area contributed by atoms with Gasteiger partial charge in [-0.25, -0.2) is 0 Å². The largest absolute Gasteiger partial charge is 0.293 e. The third-order valence-electron chi connectivity index (χ3n) is 2.34. The lowest BCUT2D eigenvalue weighted by Crippen LogP contribution is -2.07. The summed E-state index contributed by atoms with van der Waals surface area (Å²) in [6, 6.07) is 1.80. The number of hydrogen-bond donors (Lipinski definition) is 0. The van der Waals surface area contributed by atoms with E-state index in [1.54, 1.807) is 6.07 Å². The van der Waals surface area contributed by atoms with Crippen molar-refractivity contribution in [1.82, 2.24) is 10.2 Å². The first-order chi connectivity index (χ1) is 8.33. The van der Waals surface area contributed by atoms with Gasteiger partial charge in [0, 0.05) is 11.0 Å². The molecule has 3 heteroatoms. The second-order valence-corrected chi connectivity index (χ2v) is 5.35. The first-order valence-corrected chi connectivity index (χ1v) is 6.20. The molecule has 0 saturated heterocycles. The minimum absolute atomic E-state index is 0.0293. The molecule has 1 rings (SSSR count). The molecule has 0 aliphatic carbocycles. The van der Waals surface area contributed by atoms with Crippen molar-refractivity contribution in [3.63, 3.8) is 0 Å². The van der Waals surface area contributed by atoms with Gasteiger partial charge in [0.1, 0.15) is 0 Å². The second kappa shape index (κ2) is 5.77. The molecule has 0 aliphatic rings. The van der Waals surface area contributed by atoms with Gasteiger partial charge in [0.25, 0.3) is 0 Å². The Kier molecular flexibility index (Phi) is 4.61.